The summed E-state index contributed by atoms with van der Waals surface area (Å²) in [5, 5.41) is 4.93. The second kappa shape index (κ2) is 7.90. The third kappa shape index (κ3) is 4.72. The molecule has 140 valence electrons. The average Bonchev–Trinajstić information content (AvgIpc) is 2.63. The molecule has 6 heteroatoms. The van der Waals surface area contributed by atoms with Crippen molar-refractivity contribution < 1.29 is 13.2 Å². The Balaban J connectivity index is 1.59. The molecular weight excluding hydrogens is 360 g/mol. The number of amides is 1. The summed E-state index contributed by atoms with van der Waals surface area (Å²) in [6.45, 7) is 3.63. The van der Waals surface area contributed by atoms with E-state index in [9.17, 15) is 13.2 Å². The molecule has 0 aliphatic rings. The third-order valence-corrected chi connectivity index (χ3v) is 5.91. The van der Waals surface area contributed by atoms with Gasteiger partial charge in [-0.25, -0.2) is 13.1 Å². The first-order valence-corrected chi connectivity index (χ1v) is 10.2. The smallest absolute Gasteiger partial charge is 0.240 e. The molecule has 3 rings (SSSR count). The molecule has 0 unspecified atom stereocenters. The van der Waals surface area contributed by atoms with Crippen LogP contribution in [0.3, 0.4) is 0 Å². The van der Waals surface area contributed by atoms with E-state index in [2.05, 4.69) is 10.0 Å². The van der Waals surface area contributed by atoms with E-state index in [0.717, 1.165) is 16.3 Å². The number of sulfonamides is 1. The maximum atomic E-state index is 12.4. The fraction of sp³-hybridized carbons (Fsp3) is 0.190. The first kappa shape index (κ1) is 19.1. The van der Waals surface area contributed by atoms with Gasteiger partial charge in [0.15, 0.2) is 0 Å². The minimum Gasteiger partial charge on any atom is -0.326 e. The van der Waals surface area contributed by atoms with Crippen molar-refractivity contribution in [2.45, 2.75) is 25.2 Å². The van der Waals surface area contributed by atoms with E-state index in [-0.39, 0.29) is 23.8 Å². The quantitative estimate of drug-likeness (QED) is 0.681. The number of fused-ring (bicyclic) bond motifs is 1. The Labute approximate surface area is 159 Å². The van der Waals surface area contributed by atoms with E-state index in [0.29, 0.717) is 11.3 Å². The zero-order chi connectivity index (χ0) is 19.4. The first-order chi connectivity index (χ1) is 12.8. The Morgan fingerprint density at radius 2 is 1.67 bits per heavy atom. The van der Waals surface area contributed by atoms with E-state index in [1.54, 1.807) is 19.1 Å². The lowest BCUT2D eigenvalue weighted by Crippen LogP contribution is -2.28. The Morgan fingerprint density at radius 3 is 2.44 bits per heavy atom. The highest BCUT2D eigenvalue weighted by Gasteiger charge is 2.17. The van der Waals surface area contributed by atoms with Gasteiger partial charge in [0.2, 0.25) is 15.9 Å². The monoisotopic (exact) mass is 382 g/mol. The Morgan fingerprint density at radius 1 is 0.926 bits per heavy atom. The van der Waals surface area contributed by atoms with Crippen LogP contribution < -0.4 is 10.0 Å². The van der Waals surface area contributed by atoms with Crippen molar-refractivity contribution in [3.63, 3.8) is 0 Å². The van der Waals surface area contributed by atoms with Gasteiger partial charge < -0.3 is 5.32 Å². The molecule has 3 aromatic rings. The summed E-state index contributed by atoms with van der Waals surface area (Å²) in [5.74, 6) is -0.242. The molecular formula is C21H22N2O3S. The molecule has 0 fully saturated rings. The fourth-order valence-electron chi connectivity index (χ4n) is 2.86. The summed E-state index contributed by atoms with van der Waals surface area (Å²) in [5.41, 5.74) is 2.24. The number of aryl methyl sites for hydroxylation is 2. The van der Waals surface area contributed by atoms with Gasteiger partial charge in [-0.15, -0.1) is 0 Å². The lowest BCUT2D eigenvalue weighted by atomic mass is 10.1. The van der Waals surface area contributed by atoms with E-state index >= 15 is 0 Å². The van der Waals surface area contributed by atoms with Gasteiger partial charge in [0.05, 0.1) is 4.90 Å². The standard InChI is InChI=1S/C21H22N2O3S/c1-15-7-8-16(2)20(13-15)27(25,26)22-12-11-21(24)23-19-10-9-17-5-3-4-6-18(17)14-19/h3-10,13-14,22H,11-12H2,1-2H3,(H,23,24). The predicted molar refractivity (Wildman–Crippen MR) is 108 cm³/mol. The molecule has 0 saturated carbocycles. The number of hydrogen-bond acceptors (Lipinski definition) is 3. The number of carbonyl (C=O) groups excluding carboxylic acids is 1. The molecule has 0 bridgehead atoms. The number of benzene rings is 3. The predicted octanol–water partition coefficient (Wildman–Crippen LogP) is 3.76. The van der Waals surface area contributed by atoms with Crippen LogP contribution in [0.4, 0.5) is 5.69 Å². The van der Waals surface area contributed by atoms with Crippen molar-refractivity contribution in [1.82, 2.24) is 4.72 Å². The van der Waals surface area contributed by atoms with Crippen molar-refractivity contribution >= 4 is 32.4 Å². The fourth-order valence-corrected chi connectivity index (χ4v) is 4.22. The SMILES string of the molecule is Cc1ccc(C)c(S(=O)(=O)NCCC(=O)Nc2ccc3ccccc3c2)c1. The highest BCUT2D eigenvalue weighted by atomic mass is 32.2. The van der Waals surface area contributed by atoms with Crippen LogP contribution in [-0.4, -0.2) is 20.9 Å². The molecule has 0 aromatic heterocycles. The van der Waals surface area contributed by atoms with Crippen LogP contribution in [0.5, 0.6) is 0 Å². The van der Waals surface area contributed by atoms with E-state index < -0.39 is 10.0 Å². The van der Waals surface area contributed by atoms with Gasteiger partial charge in [-0.3, -0.25) is 4.79 Å². The van der Waals surface area contributed by atoms with Crippen LogP contribution in [0, 0.1) is 13.8 Å². The Kier molecular flexibility index (Phi) is 5.58. The molecule has 1 amide bonds. The highest BCUT2D eigenvalue weighted by Crippen LogP contribution is 2.19. The van der Waals surface area contributed by atoms with Gasteiger partial charge in [0, 0.05) is 18.7 Å². The van der Waals surface area contributed by atoms with E-state index in [1.807, 2.05) is 55.5 Å². The molecule has 3 aromatic carbocycles. The molecule has 5 nitrogen and oxygen atoms in total. The molecule has 0 spiro atoms. The van der Waals surface area contributed by atoms with Crippen LogP contribution in [0.2, 0.25) is 0 Å². The third-order valence-electron chi connectivity index (χ3n) is 4.31. The minimum absolute atomic E-state index is 0.0368. The summed E-state index contributed by atoms with van der Waals surface area (Å²) >= 11 is 0. The van der Waals surface area contributed by atoms with Gasteiger partial charge in [-0.2, -0.15) is 0 Å². The van der Waals surface area contributed by atoms with Gasteiger partial charge in [0.25, 0.3) is 0 Å². The number of nitrogens with one attached hydrogen (secondary N) is 2. The maximum absolute atomic E-state index is 12.4. The van der Waals surface area contributed by atoms with Gasteiger partial charge in [-0.05, 0) is 53.9 Å². The summed E-state index contributed by atoms with van der Waals surface area (Å²) in [7, 11) is -3.64. The lowest BCUT2D eigenvalue weighted by molar-refractivity contribution is -0.116. The normalized spacial score (nSPS) is 11.5. The van der Waals surface area contributed by atoms with Crippen molar-refractivity contribution in [2.75, 3.05) is 11.9 Å². The molecule has 27 heavy (non-hydrogen) atoms. The lowest BCUT2D eigenvalue weighted by Gasteiger charge is -2.10. The highest BCUT2D eigenvalue weighted by molar-refractivity contribution is 7.89. The molecule has 0 saturated heterocycles. The topological polar surface area (TPSA) is 75.3 Å². The largest absolute Gasteiger partial charge is 0.326 e. The average molecular weight is 382 g/mol. The molecule has 0 atom stereocenters. The van der Waals surface area contributed by atoms with Crippen LogP contribution in [-0.2, 0) is 14.8 Å². The second-order valence-electron chi connectivity index (χ2n) is 6.53. The summed E-state index contributed by atoms with van der Waals surface area (Å²) in [6, 6.07) is 18.8. The second-order valence-corrected chi connectivity index (χ2v) is 8.26. The van der Waals surface area contributed by atoms with Crippen molar-refractivity contribution in [2.24, 2.45) is 0 Å². The molecule has 0 aliphatic carbocycles. The first-order valence-electron chi connectivity index (χ1n) is 8.71. The van der Waals surface area contributed by atoms with Gasteiger partial charge in [0.1, 0.15) is 0 Å². The number of anilines is 1. The van der Waals surface area contributed by atoms with E-state index in [4.69, 9.17) is 0 Å². The summed E-state index contributed by atoms with van der Waals surface area (Å²) in [6.07, 6.45) is 0.0525. The van der Waals surface area contributed by atoms with Crippen molar-refractivity contribution in [3.05, 3.63) is 71.8 Å². The minimum atomic E-state index is -3.64. The number of rotatable bonds is 6. The van der Waals surface area contributed by atoms with Crippen molar-refractivity contribution in [1.29, 1.82) is 0 Å². The van der Waals surface area contributed by atoms with Crippen LogP contribution >= 0.6 is 0 Å². The van der Waals surface area contributed by atoms with Gasteiger partial charge in [-0.1, -0.05) is 42.5 Å². The maximum Gasteiger partial charge on any atom is 0.240 e. The van der Waals surface area contributed by atoms with Crippen LogP contribution in [0.15, 0.2) is 65.6 Å². The Hall–Kier alpha value is -2.70. The molecule has 0 heterocycles. The zero-order valence-electron chi connectivity index (χ0n) is 15.3. The van der Waals surface area contributed by atoms with Crippen molar-refractivity contribution in [3.8, 4) is 0 Å². The zero-order valence-corrected chi connectivity index (χ0v) is 16.1. The molecule has 0 aliphatic heterocycles. The number of carbonyl (C=O) groups is 1. The van der Waals surface area contributed by atoms with Crippen LogP contribution in [0.1, 0.15) is 17.5 Å². The Bertz CT molecular complexity index is 1090. The molecule has 0 radical (unpaired) electrons. The molecule has 2 N–H and O–H groups in total. The van der Waals surface area contributed by atoms with E-state index in [1.165, 1.54) is 0 Å². The summed E-state index contributed by atoms with van der Waals surface area (Å²) in [4.78, 5) is 12.4. The number of hydrogen-bond donors (Lipinski definition) is 2. The summed E-state index contributed by atoms with van der Waals surface area (Å²) < 4.78 is 27.4. The van der Waals surface area contributed by atoms with Gasteiger partial charge >= 0.3 is 0 Å². The van der Waals surface area contributed by atoms with Crippen LogP contribution in [0.25, 0.3) is 10.8 Å².